The van der Waals surface area contributed by atoms with Crippen molar-refractivity contribution in [3.05, 3.63) is 53.1 Å². The molecule has 0 bridgehead atoms. The highest BCUT2D eigenvalue weighted by Crippen LogP contribution is 2.30. The topological polar surface area (TPSA) is 111 Å². The van der Waals surface area contributed by atoms with E-state index in [4.69, 9.17) is 29.6 Å². The number of halogens is 1. The van der Waals surface area contributed by atoms with E-state index in [1.165, 1.54) is 17.7 Å². The number of rotatable bonds is 5. The van der Waals surface area contributed by atoms with Gasteiger partial charge in [0.2, 0.25) is 11.0 Å². The van der Waals surface area contributed by atoms with Gasteiger partial charge in [-0.3, -0.25) is 9.52 Å². The van der Waals surface area contributed by atoms with Gasteiger partial charge in [-0.15, -0.1) is 0 Å². The van der Waals surface area contributed by atoms with Crippen LogP contribution >= 0.6 is 23.8 Å². The number of aryl methyl sites for hydroxylation is 1. The number of carbonyl (C=O) groups is 1. The number of thiocarbonyl (C=S) groups is 1. The van der Waals surface area contributed by atoms with Gasteiger partial charge >= 0.3 is 0 Å². The monoisotopic (exact) mass is 548 g/mol. The van der Waals surface area contributed by atoms with Crippen LogP contribution in [0.3, 0.4) is 0 Å². The van der Waals surface area contributed by atoms with E-state index in [0.29, 0.717) is 26.2 Å². The first-order valence-electron chi connectivity index (χ1n) is 11.7. The molecule has 2 aromatic carbocycles. The van der Waals surface area contributed by atoms with Crippen LogP contribution in [0, 0.1) is 0 Å². The summed E-state index contributed by atoms with van der Waals surface area (Å²) in [5, 5.41) is 0.491. The number of hydrogen-bond donors (Lipinski definition) is 2. The van der Waals surface area contributed by atoms with Crippen molar-refractivity contribution >= 4 is 62.6 Å². The largest absolute Gasteiger partial charge is 0.390 e. The summed E-state index contributed by atoms with van der Waals surface area (Å²) in [4.78, 5) is 23.1. The Morgan fingerprint density at radius 3 is 2.67 bits per heavy atom. The molecule has 9 nitrogen and oxygen atoms in total. The molecular formula is C24H29ClN6O3S2. The van der Waals surface area contributed by atoms with Gasteiger partial charge in [0, 0.05) is 48.6 Å². The molecule has 2 heterocycles. The van der Waals surface area contributed by atoms with Crippen LogP contribution in [0.15, 0.2) is 52.4 Å². The summed E-state index contributed by atoms with van der Waals surface area (Å²) < 4.78 is 27.1. The highest BCUT2D eigenvalue weighted by atomic mass is 35.5. The maximum absolute atomic E-state index is 13.2. The molecule has 12 heteroatoms. The smallest absolute Gasteiger partial charge is 0.263 e. The molecule has 4 rings (SSSR count). The highest BCUT2D eigenvalue weighted by Gasteiger charge is 2.30. The zero-order valence-electron chi connectivity index (χ0n) is 19.9. The van der Waals surface area contributed by atoms with E-state index in [0.717, 1.165) is 42.1 Å². The second-order valence-corrected chi connectivity index (χ2v) is 11.4. The van der Waals surface area contributed by atoms with Crippen LogP contribution in [0.1, 0.15) is 18.9 Å². The lowest BCUT2D eigenvalue weighted by atomic mass is 10.0. The number of piperazine rings is 1. The fourth-order valence-corrected chi connectivity index (χ4v) is 6.21. The van der Waals surface area contributed by atoms with Gasteiger partial charge in [-0.2, -0.15) is 0 Å². The lowest BCUT2D eigenvalue weighted by Gasteiger charge is -2.42. The van der Waals surface area contributed by atoms with Crippen molar-refractivity contribution < 1.29 is 13.2 Å². The summed E-state index contributed by atoms with van der Waals surface area (Å²) in [7, 11) is -3.84. The molecule has 0 unspecified atom stereocenters. The summed E-state index contributed by atoms with van der Waals surface area (Å²) in [6.07, 6.45) is 2.90. The van der Waals surface area contributed by atoms with Crippen molar-refractivity contribution in [2.45, 2.75) is 30.7 Å². The zero-order chi connectivity index (χ0) is 25.9. The lowest BCUT2D eigenvalue weighted by Crippen LogP contribution is -2.56. The van der Waals surface area contributed by atoms with Gasteiger partial charge in [0.1, 0.15) is 0 Å². The van der Waals surface area contributed by atoms with Gasteiger partial charge in [-0.05, 0) is 80.0 Å². The van der Waals surface area contributed by atoms with Gasteiger partial charge in [0.25, 0.3) is 10.0 Å². The molecule has 3 N–H and O–H groups in total. The van der Waals surface area contributed by atoms with E-state index < -0.39 is 10.0 Å². The standard InChI is InChI=1S/C24H29ClN6O3S2/c1-17-14-29(20-5-7-21(8-6-20)36(33,34)28-24(35)27-16-26)11-12-31(17)23(32)15-30-10-2-3-18-13-19(25)4-9-22(18)30/h4-9,13,16-17H,2-3,10-12,14-15H2,1H3,(H3,26,27,28,35)/t17-/m0/s1. The molecule has 2 aliphatic rings. The Morgan fingerprint density at radius 2 is 1.97 bits per heavy atom. The fraction of sp³-hybridized carbons (Fsp3) is 0.375. The van der Waals surface area contributed by atoms with Crippen molar-refractivity contribution in [1.29, 1.82) is 0 Å². The van der Waals surface area contributed by atoms with Crippen LogP contribution in [-0.2, 0) is 21.2 Å². The number of amides is 1. The SMILES string of the molecule is C[C@H]1CN(c2ccc(S(=O)(=O)NC(=S)N=CN)cc2)CCN1C(=O)CN1CCCc2cc(Cl)ccc21. The number of sulfonamides is 1. The molecular weight excluding hydrogens is 520 g/mol. The Morgan fingerprint density at radius 1 is 1.22 bits per heavy atom. The third kappa shape index (κ3) is 5.91. The average molecular weight is 549 g/mol. The summed E-state index contributed by atoms with van der Waals surface area (Å²) in [6, 6.07) is 12.4. The van der Waals surface area contributed by atoms with Crippen LogP contribution < -0.4 is 20.3 Å². The van der Waals surface area contributed by atoms with Gasteiger partial charge in [-0.1, -0.05) is 11.6 Å². The molecule has 192 valence electrons. The second kappa shape index (κ2) is 11.0. The van der Waals surface area contributed by atoms with Crippen LogP contribution in [0.25, 0.3) is 0 Å². The summed E-state index contributed by atoms with van der Waals surface area (Å²) in [5.74, 6) is 0.105. The first-order chi connectivity index (χ1) is 17.2. The predicted octanol–water partition coefficient (Wildman–Crippen LogP) is 2.38. The van der Waals surface area contributed by atoms with Crippen molar-refractivity contribution in [2.75, 3.05) is 42.5 Å². The molecule has 0 saturated carbocycles. The third-order valence-corrected chi connectivity index (χ3v) is 8.38. The normalized spacial score (nSPS) is 18.3. The number of anilines is 2. The quantitative estimate of drug-likeness (QED) is 0.335. The molecule has 36 heavy (non-hydrogen) atoms. The Kier molecular flexibility index (Phi) is 8.01. The molecule has 1 saturated heterocycles. The minimum atomic E-state index is -3.84. The van der Waals surface area contributed by atoms with Crippen molar-refractivity contribution in [2.24, 2.45) is 10.7 Å². The Hall–Kier alpha value is -2.89. The number of nitrogens with zero attached hydrogens (tertiary/aromatic N) is 4. The van der Waals surface area contributed by atoms with E-state index in [1.807, 2.05) is 30.0 Å². The number of carbonyl (C=O) groups excluding carboxylic acids is 1. The van der Waals surface area contributed by atoms with E-state index in [1.54, 1.807) is 12.1 Å². The first-order valence-corrected chi connectivity index (χ1v) is 13.9. The number of nitrogens with two attached hydrogens (primary N) is 1. The number of fused-ring (bicyclic) bond motifs is 1. The van der Waals surface area contributed by atoms with Gasteiger partial charge in [0.05, 0.1) is 17.8 Å². The minimum Gasteiger partial charge on any atom is -0.390 e. The second-order valence-electron chi connectivity index (χ2n) is 8.86. The van der Waals surface area contributed by atoms with E-state index >= 15 is 0 Å². The molecule has 0 spiro atoms. The third-order valence-electron chi connectivity index (χ3n) is 6.46. The molecule has 0 aromatic heterocycles. The van der Waals surface area contributed by atoms with Gasteiger partial charge < -0.3 is 20.4 Å². The molecule has 0 aliphatic carbocycles. The Balaban J connectivity index is 1.37. The van der Waals surface area contributed by atoms with E-state index in [-0.39, 0.29) is 22.0 Å². The molecule has 2 aliphatic heterocycles. The highest BCUT2D eigenvalue weighted by molar-refractivity contribution is 7.91. The predicted molar refractivity (Wildman–Crippen MR) is 147 cm³/mol. The Bertz CT molecular complexity index is 1270. The van der Waals surface area contributed by atoms with Crippen LogP contribution in [0.4, 0.5) is 11.4 Å². The summed E-state index contributed by atoms with van der Waals surface area (Å²) in [5.41, 5.74) is 8.31. The molecule has 1 atom stereocenters. The minimum absolute atomic E-state index is 0.0114. The Labute approximate surface area is 222 Å². The molecule has 0 radical (unpaired) electrons. The number of nitrogens with one attached hydrogen (secondary N) is 1. The number of aliphatic imine (C=N–C) groups is 1. The van der Waals surface area contributed by atoms with Crippen LogP contribution in [0.2, 0.25) is 5.02 Å². The van der Waals surface area contributed by atoms with Gasteiger partial charge in [0.15, 0.2) is 0 Å². The maximum atomic E-state index is 13.2. The lowest BCUT2D eigenvalue weighted by molar-refractivity contribution is -0.132. The fourth-order valence-electron chi connectivity index (χ4n) is 4.73. The van der Waals surface area contributed by atoms with E-state index in [9.17, 15) is 13.2 Å². The van der Waals surface area contributed by atoms with Crippen molar-refractivity contribution in [3.8, 4) is 0 Å². The van der Waals surface area contributed by atoms with Crippen LogP contribution in [-0.4, -0.2) is 69.4 Å². The van der Waals surface area contributed by atoms with Crippen molar-refractivity contribution in [3.63, 3.8) is 0 Å². The zero-order valence-corrected chi connectivity index (χ0v) is 22.3. The summed E-state index contributed by atoms with van der Waals surface area (Å²) in [6.45, 7) is 5.13. The number of benzene rings is 2. The van der Waals surface area contributed by atoms with Crippen LogP contribution in [0.5, 0.6) is 0 Å². The molecule has 1 amide bonds. The van der Waals surface area contributed by atoms with Gasteiger partial charge in [-0.25, -0.2) is 13.4 Å². The summed E-state index contributed by atoms with van der Waals surface area (Å²) >= 11 is 11.0. The maximum Gasteiger partial charge on any atom is 0.263 e. The average Bonchev–Trinajstić information content (AvgIpc) is 2.83. The first kappa shape index (κ1) is 26.2. The molecule has 1 fully saturated rings. The van der Waals surface area contributed by atoms with Crippen molar-refractivity contribution in [1.82, 2.24) is 9.62 Å². The van der Waals surface area contributed by atoms with E-state index in [2.05, 4.69) is 19.5 Å². The number of hydrogen-bond acceptors (Lipinski definition) is 6. The molecule has 2 aromatic rings.